The van der Waals surface area contributed by atoms with Crippen molar-refractivity contribution < 1.29 is 9.90 Å². The molecule has 0 aliphatic carbocycles. The summed E-state index contributed by atoms with van der Waals surface area (Å²) in [5.41, 5.74) is 0.179. The summed E-state index contributed by atoms with van der Waals surface area (Å²) in [5, 5.41) is 9.80. The van der Waals surface area contributed by atoms with Crippen LogP contribution < -0.4 is 0 Å². The van der Waals surface area contributed by atoms with E-state index in [0.29, 0.717) is 9.79 Å². The number of halogens is 5. The molecule has 0 aliphatic heterocycles. The highest BCUT2D eigenvalue weighted by Gasteiger charge is 2.21. The van der Waals surface area contributed by atoms with Gasteiger partial charge < -0.3 is 5.11 Å². The highest BCUT2D eigenvalue weighted by Crippen LogP contribution is 2.52. The van der Waals surface area contributed by atoms with Crippen molar-refractivity contribution >= 4 is 85.6 Å². The fourth-order valence-electron chi connectivity index (χ4n) is 1.46. The van der Waals surface area contributed by atoms with Crippen molar-refractivity contribution in [1.29, 1.82) is 0 Å². The number of rotatable bonds is 4. The summed E-state index contributed by atoms with van der Waals surface area (Å²) in [4.78, 5) is 12.2. The van der Waals surface area contributed by atoms with Crippen LogP contribution >= 0.6 is 79.6 Å². The smallest absolute Gasteiger partial charge is 0.336 e. The first-order valence-corrected chi connectivity index (χ1v) is 9.56. The Balaban J connectivity index is 2.36. The molecule has 0 bridgehead atoms. The third kappa shape index (κ3) is 3.75. The van der Waals surface area contributed by atoms with Crippen LogP contribution in [-0.2, 0) is 0 Å². The lowest BCUT2D eigenvalue weighted by Crippen LogP contribution is -1.97. The lowest BCUT2D eigenvalue weighted by atomic mass is 10.2. The summed E-state index contributed by atoms with van der Waals surface area (Å²) in [6, 6.07) is 6.58. The van der Waals surface area contributed by atoms with Crippen LogP contribution in [0.3, 0.4) is 0 Å². The van der Waals surface area contributed by atoms with Crippen LogP contribution in [0.2, 0.25) is 25.1 Å². The Kier molecular flexibility index (Phi) is 6.48. The molecule has 0 fully saturated rings. The van der Waals surface area contributed by atoms with Gasteiger partial charge in [-0.2, -0.15) is 0 Å². The fraction of sp³-hybridized carbons (Fsp3) is 0. The number of carboxylic acids is 1. The number of carbonyl (C=O) groups is 1. The van der Waals surface area contributed by atoms with Crippen molar-refractivity contribution in [3.8, 4) is 0 Å². The monoisotopic (exact) mass is 432 g/mol. The average Bonchev–Trinajstić information content (AvgIpc) is 2.51. The number of benzene rings is 2. The third-order valence-electron chi connectivity index (χ3n) is 2.50. The zero-order valence-electron chi connectivity index (χ0n) is 10.4. The van der Waals surface area contributed by atoms with Crippen LogP contribution in [0, 0.1) is 0 Å². The van der Waals surface area contributed by atoms with E-state index in [9.17, 15) is 4.79 Å². The van der Waals surface area contributed by atoms with E-state index >= 15 is 0 Å². The molecule has 22 heavy (non-hydrogen) atoms. The second-order valence-corrected chi connectivity index (χ2v) is 7.94. The quantitative estimate of drug-likeness (QED) is 0.308. The van der Waals surface area contributed by atoms with E-state index < -0.39 is 5.97 Å². The molecule has 0 aliphatic rings. The third-order valence-corrected chi connectivity index (χ3v) is 7.49. The van der Waals surface area contributed by atoms with Gasteiger partial charge in [-0.05, 0) is 22.9 Å². The Labute approximate surface area is 159 Å². The van der Waals surface area contributed by atoms with Crippen LogP contribution in [0.4, 0.5) is 0 Å². The van der Waals surface area contributed by atoms with Gasteiger partial charge in [0.15, 0.2) is 0 Å². The van der Waals surface area contributed by atoms with Gasteiger partial charge in [0.05, 0.1) is 35.6 Å². The van der Waals surface area contributed by atoms with Crippen molar-refractivity contribution in [3.05, 3.63) is 54.9 Å². The molecule has 0 saturated heterocycles. The summed E-state index contributed by atoms with van der Waals surface area (Å²) >= 11 is 30.2. The summed E-state index contributed by atoms with van der Waals surface area (Å²) in [5.74, 6) is -1.02. The summed E-state index contributed by atoms with van der Waals surface area (Å²) in [6.45, 7) is 0. The normalized spacial score (nSPS) is 10.8. The van der Waals surface area contributed by atoms with E-state index in [-0.39, 0.29) is 30.7 Å². The average molecular weight is 435 g/mol. The van der Waals surface area contributed by atoms with Crippen LogP contribution in [-0.4, -0.2) is 11.1 Å². The van der Waals surface area contributed by atoms with E-state index in [1.165, 1.54) is 16.9 Å². The van der Waals surface area contributed by atoms with Crippen molar-refractivity contribution in [2.75, 3.05) is 0 Å². The number of hydrogen-bond donors (Lipinski definition) is 1. The first-order chi connectivity index (χ1) is 10.3. The van der Waals surface area contributed by atoms with Crippen LogP contribution in [0.15, 0.2) is 34.1 Å². The molecule has 0 unspecified atom stereocenters. The largest absolute Gasteiger partial charge is 0.478 e. The molecule has 0 saturated carbocycles. The molecule has 0 amide bonds. The predicted octanol–water partition coefficient (Wildman–Crippen LogP) is 7.45. The summed E-state index contributed by atoms with van der Waals surface area (Å²) < 4.78 is 0. The topological polar surface area (TPSA) is 37.3 Å². The van der Waals surface area contributed by atoms with Gasteiger partial charge in [0.1, 0.15) is 0 Å². The highest BCUT2D eigenvalue weighted by atomic mass is 35.5. The van der Waals surface area contributed by atoms with Crippen molar-refractivity contribution in [1.82, 2.24) is 0 Å². The summed E-state index contributed by atoms with van der Waals surface area (Å²) in [7, 11) is 2.34. The SMILES string of the molecule is O=C(O)c1ccccc1SSc1c(Cl)c(Cl)c(Cl)c(Cl)c1Cl. The first kappa shape index (κ1) is 18.4. The van der Waals surface area contributed by atoms with E-state index in [4.69, 9.17) is 63.1 Å². The van der Waals surface area contributed by atoms with Crippen molar-refractivity contribution in [3.63, 3.8) is 0 Å². The Bertz CT molecular complexity index is 722. The zero-order chi connectivity index (χ0) is 16.4. The van der Waals surface area contributed by atoms with E-state index in [1.54, 1.807) is 18.2 Å². The molecule has 0 radical (unpaired) electrons. The van der Waals surface area contributed by atoms with E-state index in [2.05, 4.69) is 0 Å². The van der Waals surface area contributed by atoms with E-state index in [0.717, 1.165) is 10.8 Å². The molecule has 0 heterocycles. The molecule has 0 aromatic heterocycles. The Morgan fingerprint density at radius 3 is 1.86 bits per heavy atom. The van der Waals surface area contributed by atoms with Gasteiger partial charge in [0.2, 0.25) is 0 Å². The minimum Gasteiger partial charge on any atom is -0.478 e. The van der Waals surface area contributed by atoms with Gasteiger partial charge in [0.25, 0.3) is 0 Å². The molecule has 2 nitrogen and oxygen atoms in total. The molecule has 0 atom stereocenters. The molecule has 9 heteroatoms. The number of hydrogen-bond acceptors (Lipinski definition) is 3. The van der Waals surface area contributed by atoms with Gasteiger partial charge in [-0.15, -0.1) is 0 Å². The molecule has 0 spiro atoms. The Hall–Kier alpha value is 0.0600. The fourth-order valence-corrected chi connectivity index (χ4v) is 5.57. The van der Waals surface area contributed by atoms with Gasteiger partial charge in [0, 0.05) is 4.90 Å². The van der Waals surface area contributed by atoms with Crippen LogP contribution in [0.1, 0.15) is 10.4 Å². The minimum atomic E-state index is -1.02. The van der Waals surface area contributed by atoms with Crippen LogP contribution in [0.25, 0.3) is 0 Å². The lowest BCUT2D eigenvalue weighted by molar-refractivity contribution is 0.0693. The zero-order valence-corrected chi connectivity index (χ0v) is 15.8. The standard InChI is InChI=1S/C13H5Cl5O2S2/c14-7-8(15)10(17)12(11(18)9(7)16)22-21-6-4-2-1-3-5(6)13(19)20/h1-4H,(H,19,20). The number of carboxylic acid groups (broad SMARTS) is 1. The molecular weight excluding hydrogens is 430 g/mol. The number of aromatic carboxylic acids is 1. The maximum atomic E-state index is 11.2. The molecule has 1 N–H and O–H groups in total. The van der Waals surface area contributed by atoms with Gasteiger partial charge in [-0.25, -0.2) is 4.79 Å². The molecule has 2 aromatic rings. The molecular formula is C13H5Cl5O2S2. The van der Waals surface area contributed by atoms with Crippen molar-refractivity contribution in [2.24, 2.45) is 0 Å². The van der Waals surface area contributed by atoms with Crippen LogP contribution in [0.5, 0.6) is 0 Å². The van der Waals surface area contributed by atoms with Gasteiger partial charge in [-0.1, -0.05) is 80.9 Å². The predicted molar refractivity (Wildman–Crippen MR) is 96.6 cm³/mol. The maximum absolute atomic E-state index is 11.2. The second kappa shape index (κ2) is 7.75. The Morgan fingerprint density at radius 2 is 1.32 bits per heavy atom. The lowest BCUT2D eigenvalue weighted by Gasteiger charge is -2.12. The maximum Gasteiger partial charge on any atom is 0.336 e. The minimum absolute atomic E-state index is 0.0821. The second-order valence-electron chi connectivity index (χ2n) is 3.87. The highest BCUT2D eigenvalue weighted by molar-refractivity contribution is 8.76. The molecule has 2 aromatic carbocycles. The van der Waals surface area contributed by atoms with E-state index in [1.807, 2.05) is 0 Å². The molecule has 2 rings (SSSR count). The molecule has 116 valence electrons. The van der Waals surface area contributed by atoms with Crippen molar-refractivity contribution in [2.45, 2.75) is 9.79 Å². The Morgan fingerprint density at radius 1 is 0.818 bits per heavy atom. The van der Waals surface area contributed by atoms with Gasteiger partial charge in [-0.3, -0.25) is 0 Å². The first-order valence-electron chi connectivity index (χ1n) is 5.52. The van der Waals surface area contributed by atoms with Gasteiger partial charge >= 0.3 is 5.97 Å². The summed E-state index contributed by atoms with van der Waals surface area (Å²) in [6.07, 6.45) is 0.